The Morgan fingerprint density at radius 3 is 2.60 bits per heavy atom. The first-order valence-corrected chi connectivity index (χ1v) is 10.9. The second-order valence-corrected chi connectivity index (χ2v) is 8.43. The van der Waals surface area contributed by atoms with Gasteiger partial charge in [0, 0.05) is 24.3 Å². The van der Waals surface area contributed by atoms with Gasteiger partial charge in [-0.1, -0.05) is 61.0 Å². The van der Waals surface area contributed by atoms with Gasteiger partial charge in [0.2, 0.25) is 0 Å². The van der Waals surface area contributed by atoms with Crippen molar-refractivity contribution in [2.45, 2.75) is 45.7 Å². The number of hydrogen-bond donors (Lipinski definition) is 0. The van der Waals surface area contributed by atoms with Gasteiger partial charge in [0.05, 0.1) is 0 Å². The van der Waals surface area contributed by atoms with E-state index in [1.54, 1.807) is 0 Å². The number of likely N-dealkylation sites (tertiary alicyclic amines) is 1. The maximum atomic E-state index is 4.84. The molecule has 0 unspecified atom stereocenters. The van der Waals surface area contributed by atoms with Crippen molar-refractivity contribution in [3.8, 4) is 22.5 Å². The highest BCUT2D eigenvalue weighted by molar-refractivity contribution is 5.76. The molecule has 1 aliphatic heterocycles. The fourth-order valence-corrected chi connectivity index (χ4v) is 4.57. The Balaban J connectivity index is 1.47. The first kappa shape index (κ1) is 19.0. The molecule has 0 radical (unpaired) electrons. The molecule has 2 aromatic heterocycles. The topological polar surface area (TPSA) is 33.4 Å². The van der Waals surface area contributed by atoms with Gasteiger partial charge in [-0.25, -0.2) is 9.50 Å². The van der Waals surface area contributed by atoms with Crippen LogP contribution >= 0.6 is 0 Å². The maximum Gasteiger partial charge on any atom is 0.182 e. The molecular formula is C26H28N4. The average molecular weight is 397 g/mol. The molecule has 3 heterocycles. The Morgan fingerprint density at radius 2 is 1.77 bits per heavy atom. The van der Waals surface area contributed by atoms with E-state index in [9.17, 15) is 0 Å². The van der Waals surface area contributed by atoms with Gasteiger partial charge in [0.1, 0.15) is 0 Å². The Morgan fingerprint density at radius 1 is 0.933 bits per heavy atom. The molecule has 1 atom stereocenters. The normalized spacial score (nSPS) is 17.5. The van der Waals surface area contributed by atoms with Crippen molar-refractivity contribution in [3.05, 3.63) is 78.0 Å². The van der Waals surface area contributed by atoms with Gasteiger partial charge in [-0.2, -0.15) is 0 Å². The molecule has 1 saturated heterocycles. The third-order valence-corrected chi connectivity index (χ3v) is 6.38. The number of benzene rings is 2. The fraction of sp³-hybridized carbons (Fsp3) is 0.308. The van der Waals surface area contributed by atoms with Gasteiger partial charge in [0.25, 0.3) is 0 Å². The van der Waals surface area contributed by atoms with Gasteiger partial charge in [-0.3, -0.25) is 4.90 Å². The zero-order valence-electron chi connectivity index (χ0n) is 17.8. The molecule has 0 N–H and O–H groups in total. The van der Waals surface area contributed by atoms with E-state index in [0.29, 0.717) is 6.04 Å². The minimum Gasteiger partial charge on any atom is -0.296 e. The quantitative estimate of drug-likeness (QED) is 0.441. The van der Waals surface area contributed by atoms with Crippen LogP contribution in [0.2, 0.25) is 0 Å². The first-order chi connectivity index (χ1) is 14.7. The molecule has 0 saturated carbocycles. The average Bonchev–Trinajstić information content (AvgIpc) is 3.19. The summed E-state index contributed by atoms with van der Waals surface area (Å²) < 4.78 is 1.94. The van der Waals surface area contributed by atoms with Crippen molar-refractivity contribution < 1.29 is 0 Å². The largest absolute Gasteiger partial charge is 0.296 e. The first-order valence-electron chi connectivity index (χ1n) is 10.9. The molecule has 0 spiro atoms. The maximum absolute atomic E-state index is 4.84. The van der Waals surface area contributed by atoms with Gasteiger partial charge < -0.3 is 0 Å². The summed E-state index contributed by atoms with van der Waals surface area (Å²) in [6.45, 7) is 6.67. The van der Waals surface area contributed by atoms with Crippen LogP contribution in [0.25, 0.3) is 28.2 Å². The number of hydrogen-bond acceptors (Lipinski definition) is 3. The van der Waals surface area contributed by atoms with Gasteiger partial charge in [-0.15, -0.1) is 5.10 Å². The molecule has 1 fully saturated rings. The highest BCUT2D eigenvalue weighted by Crippen LogP contribution is 2.30. The molecule has 4 heteroatoms. The summed E-state index contributed by atoms with van der Waals surface area (Å²) in [4.78, 5) is 7.40. The standard InChI is InChI=1S/C26H28N4/c1-19-9-6-7-16-29(19)17-21-14-15-25-27-26(28-30(25)18-21)24-13-8-12-23(20(24)2)22-10-4-3-5-11-22/h3-5,8,10-15,18-19H,6-7,9,16-17H2,1-2H3/t19-/m1/s1. The molecule has 1 aliphatic rings. The number of pyridine rings is 1. The number of aromatic nitrogens is 3. The Kier molecular flexibility index (Phi) is 5.09. The summed E-state index contributed by atoms with van der Waals surface area (Å²) in [5, 5.41) is 4.84. The van der Waals surface area contributed by atoms with Crippen LogP contribution in [0.15, 0.2) is 66.9 Å². The monoisotopic (exact) mass is 396 g/mol. The summed E-state index contributed by atoms with van der Waals surface area (Å²) in [7, 11) is 0. The summed E-state index contributed by atoms with van der Waals surface area (Å²) in [6.07, 6.45) is 6.10. The summed E-state index contributed by atoms with van der Waals surface area (Å²) >= 11 is 0. The number of nitrogens with zero attached hydrogens (tertiary/aromatic N) is 4. The van der Waals surface area contributed by atoms with Crippen LogP contribution in [0.5, 0.6) is 0 Å². The van der Waals surface area contributed by atoms with E-state index in [2.05, 4.69) is 85.6 Å². The van der Waals surface area contributed by atoms with Gasteiger partial charge >= 0.3 is 0 Å². The lowest BCUT2D eigenvalue weighted by Gasteiger charge is -2.33. The molecule has 4 nitrogen and oxygen atoms in total. The molecule has 0 amide bonds. The summed E-state index contributed by atoms with van der Waals surface area (Å²) in [5.41, 5.74) is 6.94. The van der Waals surface area contributed by atoms with E-state index >= 15 is 0 Å². The molecule has 0 bridgehead atoms. The van der Waals surface area contributed by atoms with Crippen LogP contribution in [0.1, 0.15) is 37.3 Å². The lowest BCUT2D eigenvalue weighted by Crippen LogP contribution is -2.36. The van der Waals surface area contributed by atoms with Crippen molar-refractivity contribution in [1.82, 2.24) is 19.5 Å². The number of rotatable bonds is 4. The molecule has 5 rings (SSSR count). The van der Waals surface area contributed by atoms with Gasteiger partial charge in [-0.05, 0) is 61.6 Å². The molecule has 0 aliphatic carbocycles. The SMILES string of the molecule is Cc1c(-c2ccccc2)cccc1-c1nc2ccc(CN3CCCC[C@H]3C)cn2n1. The Labute approximate surface area is 178 Å². The second kappa shape index (κ2) is 8.04. The second-order valence-electron chi connectivity index (χ2n) is 8.43. The van der Waals surface area contributed by atoms with Gasteiger partial charge in [0.15, 0.2) is 11.5 Å². The molecule has 152 valence electrons. The number of piperidine rings is 1. The highest BCUT2D eigenvalue weighted by Gasteiger charge is 2.19. The van der Waals surface area contributed by atoms with Crippen molar-refractivity contribution in [3.63, 3.8) is 0 Å². The van der Waals surface area contributed by atoms with E-state index in [-0.39, 0.29) is 0 Å². The van der Waals surface area contributed by atoms with E-state index in [4.69, 9.17) is 10.1 Å². The zero-order chi connectivity index (χ0) is 20.5. The van der Waals surface area contributed by atoms with Crippen molar-refractivity contribution in [2.24, 2.45) is 0 Å². The summed E-state index contributed by atoms with van der Waals surface area (Å²) in [6, 6.07) is 21.8. The van der Waals surface area contributed by atoms with Crippen molar-refractivity contribution in [2.75, 3.05) is 6.54 Å². The third kappa shape index (κ3) is 3.63. The fourth-order valence-electron chi connectivity index (χ4n) is 4.57. The molecule has 4 aromatic rings. The molecule has 2 aromatic carbocycles. The van der Waals surface area contributed by atoms with Crippen LogP contribution in [0.4, 0.5) is 0 Å². The van der Waals surface area contributed by atoms with E-state index in [1.165, 1.54) is 48.1 Å². The Hall–Kier alpha value is -2.98. The van der Waals surface area contributed by atoms with Crippen LogP contribution in [-0.2, 0) is 6.54 Å². The third-order valence-electron chi connectivity index (χ3n) is 6.38. The van der Waals surface area contributed by atoms with Crippen LogP contribution in [0.3, 0.4) is 0 Å². The predicted octanol–water partition coefficient (Wildman–Crippen LogP) is 5.75. The predicted molar refractivity (Wildman–Crippen MR) is 122 cm³/mol. The van der Waals surface area contributed by atoms with Crippen LogP contribution < -0.4 is 0 Å². The van der Waals surface area contributed by atoms with Crippen LogP contribution in [0, 0.1) is 6.92 Å². The van der Waals surface area contributed by atoms with Crippen LogP contribution in [-0.4, -0.2) is 32.1 Å². The zero-order valence-corrected chi connectivity index (χ0v) is 17.8. The molecular weight excluding hydrogens is 368 g/mol. The smallest absolute Gasteiger partial charge is 0.182 e. The minimum atomic E-state index is 0.657. The summed E-state index contributed by atoms with van der Waals surface area (Å²) in [5.74, 6) is 0.786. The van der Waals surface area contributed by atoms with E-state index in [0.717, 1.165) is 23.6 Å². The lowest BCUT2D eigenvalue weighted by atomic mass is 9.96. The number of fused-ring (bicyclic) bond motifs is 1. The van der Waals surface area contributed by atoms with E-state index < -0.39 is 0 Å². The van der Waals surface area contributed by atoms with Crippen molar-refractivity contribution in [1.29, 1.82) is 0 Å². The Bertz CT molecular complexity index is 1160. The highest BCUT2D eigenvalue weighted by atomic mass is 15.3. The van der Waals surface area contributed by atoms with E-state index in [1.807, 2.05) is 4.52 Å². The minimum absolute atomic E-state index is 0.657. The molecule has 30 heavy (non-hydrogen) atoms. The lowest BCUT2D eigenvalue weighted by molar-refractivity contribution is 0.152. The van der Waals surface area contributed by atoms with Crippen molar-refractivity contribution >= 4 is 5.65 Å².